The molecule has 27 nitrogen and oxygen atoms in total. The van der Waals surface area contributed by atoms with E-state index >= 15 is 0 Å². The highest BCUT2D eigenvalue weighted by atomic mass is 32.2. The lowest BCUT2D eigenvalue weighted by atomic mass is 10.0. The Morgan fingerprint density at radius 2 is 1.01 bits per heavy atom. The number of nitrogens with one attached hydrogen (secondary N) is 3. The summed E-state index contributed by atoms with van der Waals surface area (Å²) in [7, 11) is -15.6. The van der Waals surface area contributed by atoms with Gasteiger partial charge in [0.25, 0.3) is 40.5 Å². The second kappa shape index (κ2) is 25.8. The van der Waals surface area contributed by atoms with Crippen LogP contribution in [0.1, 0.15) is 33.6 Å². The molecule has 2 aromatic heterocycles. The van der Waals surface area contributed by atoms with Crippen LogP contribution in [0.2, 0.25) is 0 Å². The summed E-state index contributed by atoms with van der Waals surface area (Å²) in [5.74, 6) is -1.76. The topological polar surface area (TPSA) is 396 Å². The Balaban J connectivity index is 1.34. The van der Waals surface area contributed by atoms with Crippen LogP contribution in [0.3, 0.4) is 0 Å². The van der Waals surface area contributed by atoms with Crippen molar-refractivity contribution in [1.82, 2.24) is 29.9 Å². The lowest BCUT2D eigenvalue weighted by Crippen LogP contribution is -2.32. The number of rotatable bonds is 28. The predicted molar refractivity (Wildman–Crippen MR) is 279 cm³/mol. The maximum absolute atomic E-state index is 13.5. The molecule has 9 N–H and O–H groups in total. The largest absolute Gasteiger partial charge is 0.395 e. The number of hydrogen-bond acceptors (Lipinski definition) is 25. The van der Waals surface area contributed by atoms with E-state index in [2.05, 4.69) is 50.0 Å². The lowest BCUT2D eigenvalue weighted by Gasteiger charge is -2.21. The van der Waals surface area contributed by atoms with E-state index in [0.29, 0.717) is 11.3 Å². The molecule has 2 heterocycles. The number of benzene rings is 4. The summed E-state index contributed by atoms with van der Waals surface area (Å²) in [5.41, 5.74) is 1.72. The minimum absolute atomic E-state index is 0.00999. The Labute approximate surface area is 437 Å². The van der Waals surface area contributed by atoms with Crippen LogP contribution in [-0.2, 0) is 66.8 Å². The van der Waals surface area contributed by atoms with Crippen LogP contribution in [0, 0.1) is 0 Å². The Hall–Kier alpha value is -6.88. The highest BCUT2D eigenvalue weighted by Gasteiger charge is 2.22. The van der Waals surface area contributed by atoms with Crippen molar-refractivity contribution < 1.29 is 71.6 Å². The van der Waals surface area contributed by atoms with Crippen LogP contribution < -0.4 is 25.8 Å². The van der Waals surface area contributed by atoms with E-state index in [0.717, 1.165) is 14.2 Å². The molecule has 31 heteroatoms. The molecule has 408 valence electrons. The highest BCUT2D eigenvalue weighted by Crippen LogP contribution is 2.29. The molecular weight excluding hydrogens is 1080 g/mol. The number of aromatic nitrogens is 6. The van der Waals surface area contributed by atoms with Crippen molar-refractivity contribution in [3.8, 4) is 0 Å². The van der Waals surface area contributed by atoms with Crippen LogP contribution in [0.5, 0.6) is 0 Å². The van der Waals surface area contributed by atoms with E-state index in [1.165, 1.54) is 88.7 Å². The quantitative estimate of drug-likeness (QED) is 0.0193. The van der Waals surface area contributed by atoms with E-state index in [4.69, 9.17) is 4.18 Å². The van der Waals surface area contributed by atoms with Crippen LogP contribution in [0.25, 0.3) is 12.2 Å². The maximum Gasteiger partial charge on any atom is 0.297 e. The summed E-state index contributed by atoms with van der Waals surface area (Å²) in [5, 5.41) is 47.8. The van der Waals surface area contributed by atoms with Gasteiger partial charge in [-0.15, -0.1) is 0 Å². The molecule has 0 fully saturated rings. The minimum Gasteiger partial charge on any atom is -0.395 e. The molecule has 6 rings (SSSR count). The van der Waals surface area contributed by atoms with Crippen molar-refractivity contribution in [3.05, 3.63) is 119 Å². The molecule has 0 saturated carbocycles. The van der Waals surface area contributed by atoms with Crippen molar-refractivity contribution in [2.24, 2.45) is 0 Å². The molecule has 0 bridgehead atoms. The van der Waals surface area contributed by atoms with Gasteiger partial charge in [0.1, 0.15) is 22.2 Å². The lowest BCUT2D eigenvalue weighted by molar-refractivity contribution is 0.279. The molecule has 0 radical (unpaired) electrons. The van der Waals surface area contributed by atoms with Gasteiger partial charge in [-0.05, 0) is 70.3 Å². The normalized spacial score (nSPS) is 12.2. The van der Waals surface area contributed by atoms with Crippen LogP contribution >= 0.6 is 0 Å². The SMILES string of the molecule is COS(=O)(=O)c1cccc(Nc2nc(Cc3ccc(/C=C/c4ccc(Nc5nc(Nc6cccc(CS(=O)(=O)O)c6)nc(N(CCO)CCO)n5)cc4S(=O)(=O)OC)c(CS(=O)(=O)O)c3)nc(N(CCO)CCO)n2)c1. The standard InChI is InChI=1S/C45H53N11O16S4/c1-71-75(67,68)38-8-4-7-36(26-38)47-41-49-40(50-44(52-41)55(15-19-57)16-20-58)25-30-9-10-32(34(23-30)29-74(64,65)66)11-12-33-13-14-37(27-39(33)76(69,70)72-2)48-43-51-42(53-45(54-43)56(17-21-59)18-22-60)46-35-6-3-5-31(24-35)28-73(61,62)63/h3-14,23-24,26-27,57-60H,15-22,25,28-29H2,1-2H3,(H,61,62,63)(H,64,65,66)(H,47,49,50,52)(H2,46,48,51,53,54)/b12-11+. The number of aliphatic hydroxyl groups excluding tert-OH is 4. The van der Waals surface area contributed by atoms with Crippen molar-refractivity contribution in [3.63, 3.8) is 0 Å². The van der Waals surface area contributed by atoms with Crippen LogP contribution in [-0.4, -0.2) is 160 Å². The summed E-state index contributed by atoms with van der Waals surface area (Å²) in [6, 6.07) is 20.3. The molecule has 0 atom stereocenters. The molecule has 4 aromatic carbocycles. The Bertz CT molecular complexity index is 3490. The molecule has 76 heavy (non-hydrogen) atoms. The zero-order chi connectivity index (χ0) is 55.3. The molecule has 0 aliphatic carbocycles. The molecule has 6 aromatic rings. The van der Waals surface area contributed by atoms with Crippen molar-refractivity contribution in [2.75, 3.05) is 92.6 Å². The molecule has 0 amide bonds. The zero-order valence-electron chi connectivity index (χ0n) is 40.5. The molecule has 0 aliphatic heterocycles. The molecule has 0 unspecified atom stereocenters. The number of hydrogen-bond donors (Lipinski definition) is 9. The van der Waals surface area contributed by atoms with Crippen molar-refractivity contribution >= 4 is 99.4 Å². The van der Waals surface area contributed by atoms with Gasteiger partial charge in [0.2, 0.25) is 29.7 Å². The van der Waals surface area contributed by atoms with Gasteiger partial charge in [0.05, 0.1) is 45.5 Å². The first kappa shape index (κ1) is 58.4. The summed E-state index contributed by atoms with van der Waals surface area (Å²) in [6.45, 7) is -1.38. The van der Waals surface area contributed by atoms with Crippen molar-refractivity contribution in [2.45, 2.75) is 27.7 Å². The van der Waals surface area contributed by atoms with Crippen LogP contribution in [0.4, 0.5) is 46.8 Å². The van der Waals surface area contributed by atoms with Gasteiger partial charge in [-0.3, -0.25) is 17.5 Å². The van der Waals surface area contributed by atoms with E-state index in [-0.39, 0.29) is 138 Å². The monoisotopic (exact) mass is 1130 g/mol. The second-order valence-corrected chi connectivity index (χ2v) is 22.4. The van der Waals surface area contributed by atoms with Crippen molar-refractivity contribution in [1.29, 1.82) is 0 Å². The zero-order valence-corrected chi connectivity index (χ0v) is 43.8. The van der Waals surface area contributed by atoms with Gasteiger partial charge in [-0.25, -0.2) is 0 Å². The third-order valence-corrected chi connectivity index (χ3v) is 14.6. The smallest absolute Gasteiger partial charge is 0.297 e. The third kappa shape index (κ3) is 16.8. The Kier molecular flexibility index (Phi) is 19.8. The Morgan fingerprint density at radius 1 is 0.513 bits per heavy atom. The van der Waals surface area contributed by atoms with Gasteiger partial charge in [-0.1, -0.05) is 54.6 Å². The third-order valence-electron chi connectivity index (χ3n) is 10.6. The molecule has 0 saturated heterocycles. The maximum atomic E-state index is 13.5. The number of nitrogens with zero attached hydrogens (tertiary/aromatic N) is 8. The summed E-state index contributed by atoms with van der Waals surface area (Å²) < 4.78 is 129. The Morgan fingerprint density at radius 3 is 1.57 bits per heavy atom. The van der Waals surface area contributed by atoms with E-state index in [1.807, 2.05) is 0 Å². The fourth-order valence-electron chi connectivity index (χ4n) is 7.24. The first-order valence-electron chi connectivity index (χ1n) is 22.4. The van der Waals surface area contributed by atoms with Crippen LogP contribution in [0.15, 0.2) is 94.7 Å². The minimum atomic E-state index is -4.67. The summed E-state index contributed by atoms with van der Waals surface area (Å²) in [6.07, 6.45) is 2.72. The predicted octanol–water partition coefficient (Wildman–Crippen LogP) is 2.08. The van der Waals surface area contributed by atoms with Gasteiger partial charge < -0.3 is 46.2 Å². The number of anilines is 8. The molecular formula is C45H53N11O16S4. The highest BCUT2D eigenvalue weighted by molar-refractivity contribution is 7.87. The van der Waals surface area contributed by atoms with E-state index < -0.39 is 52.0 Å². The summed E-state index contributed by atoms with van der Waals surface area (Å²) >= 11 is 0. The first-order valence-corrected chi connectivity index (χ1v) is 28.5. The van der Waals surface area contributed by atoms with Gasteiger partial charge in [-0.2, -0.15) is 63.6 Å². The second-order valence-electron chi connectivity index (χ2n) is 16.1. The number of aliphatic hydroxyl groups is 4. The average molecular weight is 1130 g/mol. The first-order chi connectivity index (χ1) is 36.0. The fraction of sp³-hybridized carbons (Fsp3) is 0.289. The van der Waals surface area contributed by atoms with E-state index in [1.54, 1.807) is 18.2 Å². The van der Waals surface area contributed by atoms with E-state index in [9.17, 15) is 63.2 Å². The summed E-state index contributed by atoms with van der Waals surface area (Å²) in [4.78, 5) is 29.0. The molecule has 0 aliphatic rings. The fourth-order valence-corrected chi connectivity index (χ4v) is 10.1. The van der Waals surface area contributed by atoms with Gasteiger partial charge in [0.15, 0.2) is 0 Å². The van der Waals surface area contributed by atoms with Gasteiger partial charge in [0, 0.05) is 49.7 Å². The average Bonchev–Trinajstić information content (AvgIpc) is 3.36. The van der Waals surface area contributed by atoms with Gasteiger partial charge >= 0.3 is 0 Å². The molecule has 0 spiro atoms.